The van der Waals surface area contributed by atoms with Gasteiger partial charge in [-0.3, -0.25) is 0 Å². The highest BCUT2D eigenvalue weighted by molar-refractivity contribution is 5.10. The summed E-state index contributed by atoms with van der Waals surface area (Å²) in [6.07, 6.45) is 6.79. The van der Waals surface area contributed by atoms with Crippen molar-refractivity contribution < 1.29 is 0 Å². The summed E-state index contributed by atoms with van der Waals surface area (Å²) in [4.78, 5) is 0. The van der Waals surface area contributed by atoms with E-state index in [1.807, 2.05) is 0 Å². The maximum Gasteiger partial charge on any atom is 0.0167 e. The Morgan fingerprint density at radius 2 is 2.15 bits per heavy atom. The molecule has 0 unspecified atom stereocenters. The molecule has 0 spiro atoms. The Morgan fingerprint density at radius 3 is 2.54 bits per heavy atom. The van der Waals surface area contributed by atoms with Gasteiger partial charge in [-0.25, -0.2) is 0 Å². The van der Waals surface area contributed by atoms with Gasteiger partial charge in [0.1, 0.15) is 0 Å². The molecule has 0 heterocycles. The molecule has 1 nitrogen and oxygen atoms in total. The Kier molecular flexibility index (Phi) is 4.51. The first-order chi connectivity index (χ1) is 6.24. The quantitative estimate of drug-likeness (QED) is 0.643. The second kappa shape index (κ2) is 5.43. The second-order valence-corrected chi connectivity index (χ2v) is 4.37. The van der Waals surface area contributed by atoms with Crippen molar-refractivity contribution in [2.75, 3.05) is 13.1 Å². The van der Waals surface area contributed by atoms with Crippen LogP contribution in [0.15, 0.2) is 11.6 Å². The molecule has 0 atom stereocenters. The average Bonchev–Trinajstić information content (AvgIpc) is 2.01. The Balaban J connectivity index is 2.39. The van der Waals surface area contributed by atoms with Crippen molar-refractivity contribution in [2.24, 2.45) is 11.8 Å². The van der Waals surface area contributed by atoms with Gasteiger partial charge < -0.3 is 5.32 Å². The minimum atomic E-state index is 0.708. The van der Waals surface area contributed by atoms with E-state index in [1.165, 1.54) is 19.3 Å². The highest BCUT2D eigenvalue weighted by Crippen LogP contribution is 2.29. The minimum absolute atomic E-state index is 0.708. The van der Waals surface area contributed by atoms with E-state index < -0.39 is 0 Å². The summed E-state index contributed by atoms with van der Waals surface area (Å²) in [6.45, 7) is 8.92. The molecule has 0 amide bonds. The van der Waals surface area contributed by atoms with E-state index >= 15 is 0 Å². The molecule has 1 saturated carbocycles. The third-order valence-corrected chi connectivity index (χ3v) is 2.92. The van der Waals surface area contributed by atoms with Crippen LogP contribution in [0.4, 0.5) is 0 Å². The van der Waals surface area contributed by atoms with Gasteiger partial charge in [-0.2, -0.15) is 0 Å². The summed E-state index contributed by atoms with van der Waals surface area (Å²) in [5, 5.41) is 3.41. The normalized spacial score (nSPS) is 19.2. The summed E-state index contributed by atoms with van der Waals surface area (Å²) in [6, 6.07) is 0. The molecule has 0 radical (unpaired) electrons. The fraction of sp³-hybridized carbons (Fsp3) is 0.833. The van der Waals surface area contributed by atoms with Crippen LogP contribution < -0.4 is 5.32 Å². The molecule has 0 saturated heterocycles. The number of hydrogen-bond donors (Lipinski definition) is 1. The largest absolute Gasteiger partial charge is 0.313 e. The topological polar surface area (TPSA) is 12.0 Å². The zero-order chi connectivity index (χ0) is 9.68. The first-order valence-corrected chi connectivity index (χ1v) is 5.65. The molecule has 1 aliphatic carbocycles. The Hall–Kier alpha value is -0.300. The maximum atomic E-state index is 3.41. The van der Waals surface area contributed by atoms with Crippen LogP contribution in [0.5, 0.6) is 0 Å². The molecule has 0 aromatic heterocycles. The molecule has 1 rings (SSSR count). The number of allylic oxidation sites excluding steroid dienone is 1. The highest BCUT2D eigenvalue weighted by atomic mass is 14.8. The number of likely N-dealkylation sites (N-methyl/N-ethyl adjacent to an activating group) is 1. The van der Waals surface area contributed by atoms with Gasteiger partial charge in [0.05, 0.1) is 0 Å². The summed E-state index contributed by atoms with van der Waals surface area (Å²) in [5.41, 5.74) is 1.60. The monoisotopic (exact) mass is 181 g/mol. The lowest BCUT2D eigenvalue weighted by atomic mass is 9.82. The van der Waals surface area contributed by atoms with Gasteiger partial charge in [0.25, 0.3) is 0 Å². The summed E-state index contributed by atoms with van der Waals surface area (Å²) >= 11 is 0. The Morgan fingerprint density at radius 1 is 1.46 bits per heavy atom. The van der Waals surface area contributed by atoms with Crippen molar-refractivity contribution in [1.29, 1.82) is 0 Å². The van der Waals surface area contributed by atoms with E-state index in [0.29, 0.717) is 5.92 Å². The molecule has 13 heavy (non-hydrogen) atoms. The van der Waals surface area contributed by atoms with Crippen LogP contribution >= 0.6 is 0 Å². The first kappa shape index (κ1) is 10.8. The van der Waals surface area contributed by atoms with Gasteiger partial charge in [0.15, 0.2) is 0 Å². The van der Waals surface area contributed by atoms with Crippen LogP contribution in [0.25, 0.3) is 0 Å². The van der Waals surface area contributed by atoms with Gasteiger partial charge in [0.2, 0.25) is 0 Å². The van der Waals surface area contributed by atoms with Crippen LogP contribution in [0.3, 0.4) is 0 Å². The van der Waals surface area contributed by atoms with Gasteiger partial charge in [0, 0.05) is 6.54 Å². The predicted octanol–water partition coefficient (Wildman–Crippen LogP) is 2.98. The standard InChI is InChI=1S/C12H23N/c1-4-13-9-12(10(2)3)8-11-6-5-7-11/h8,10-11,13H,4-7,9H2,1-3H3. The van der Waals surface area contributed by atoms with Crippen molar-refractivity contribution in [3.05, 3.63) is 11.6 Å². The fourth-order valence-corrected chi connectivity index (χ4v) is 1.63. The predicted molar refractivity (Wildman–Crippen MR) is 58.8 cm³/mol. The van der Waals surface area contributed by atoms with E-state index in [-0.39, 0.29) is 0 Å². The molecule has 1 heteroatoms. The molecule has 0 bridgehead atoms. The smallest absolute Gasteiger partial charge is 0.0167 e. The Labute approximate surface area is 82.6 Å². The lowest BCUT2D eigenvalue weighted by molar-refractivity contribution is 0.383. The fourth-order valence-electron chi connectivity index (χ4n) is 1.63. The molecule has 76 valence electrons. The van der Waals surface area contributed by atoms with Crippen molar-refractivity contribution in [2.45, 2.75) is 40.0 Å². The summed E-state index contributed by atoms with van der Waals surface area (Å²) < 4.78 is 0. The number of rotatable bonds is 5. The molecule has 1 aliphatic rings. The average molecular weight is 181 g/mol. The summed E-state index contributed by atoms with van der Waals surface area (Å²) in [5.74, 6) is 1.61. The molecule has 0 aromatic carbocycles. The van der Waals surface area contributed by atoms with E-state index in [4.69, 9.17) is 0 Å². The lowest BCUT2D eigenvalue weighted by Crippen LogP contribution is -2.20. The minimum Gasteiger partial charge on any atom is -0.313 e. The van der Waals surface area contributed by atoms with Gasteiger partial charge >= 0.3 is 0 Å². The molecule has 0 aliphatic heterocycles. The SMILES string of the molecule is CCNCC(=CC1CCC1)C(C)C. The molecule has 1 fully saturated rings. The zero-order valence-electron chi connectivity index (χ0n) is 9.27. The van der Waals surface area contributed by atoms with Crippen molar-refractivity contribution in [3.8, 4) is 0 Å². The van der Waals surface area contributed by atoms with Crippen LogP contribution in [-0.4, -0.2) is 13.1 Å². The van der Waals surface area contributed by atoms with Gasteiger partial charge in [-0.15, -0.1) is 0 Å². The number of hydrogen-bond acceptors (Lipinski definition) is 1. The molecule has 0 aromatic rings. The third kappa shape index (κ3) is 3.51. The van der Waals surface area contributed by atoms with E-state index in [2.05, 4.69) is 32.2 Å². The molecular weight excluding hydrogens is 158 g/mol. The second-order valence-electron chi connectivity index (χ2n) is 4.37. The maximum absolute atomic E-state index is 3.41. The van der Waals surface area contributed by atoms with E-state index in [9.17, 15) is 0 Å². The summed E-state index contributed by atoms with van der Waals surface area (Å²) in [7, 11) is 0. The van der Waals surface area contributed by atoms with Crippen LogP contribution in [0, 0.1) is 11.8 Å². The molecule has 1 N–H and O–H groups in total. The lowest BCUT2D eigenvalue weighted by Gasteiger charge is -2.24. The molecular formula is C12H23N. The van der Waals surface area contributed by atoms with Crippen molar-refractivity contribution in [1.82, 2.24) is 5.32 Å². The van der Waals surface area contributed by atoms with E-state index in [1.54, 1.807) is 5.57 Å². The zero-order valence-corrected chi connectivity index (χ0v) is 9.27. The van der Waals surface area contributed by atoms with Crippen LogP contribution in [-0.2, 0) is 0 Å². The van der Waals surface area contributed by atoms with Crippen molar-refractivity contribution in [3.63, 3.8) is 0 Å². The number of nitrogens with one attached hydrogen (secondary N) is 1. The van der Waals surface area contributed by atoms with E-state index in [0.717, 1.165) is 19.0 Å². The van der Waals surface area contributed by atoms with Gasteiger partial charge in [-0.05, 0) is 31.2 Å². The van der Waals surface area contributed by atoms with Crippen LogP contribution in [0.1, 0.15) is 40.0 Å². The Bertz CT molecular complexity index is 166. The highest BCUT2D eigenvalue weighted by Gasteiger charge is 2.16. The third-order valence-electron chi connectivity index (χ3n) is 2.92. The van der Waals surface area contributed by atoms with Gasteiger partial charge in [-0.1, -0.05) is 38.8 Å². The first-order valence-electron chi connectivity index (χ1n) is 5.65. The van der Waals surface area contributed by atoms with Crippen molar-refractivity contribution >= 4 is 0 Å². The van der Waals surface area contributed by atoms with Crippen LogP contribution in [0.2, 0.25) is 0 Å².